The molecule has 0 atom stereocenters. The average Bonchev–Trinajstić information content (AvgIpc) is 3.22. The van der Waals surface area contributed by atoms with Gasteiger partial charge in [-0.05, 0) is 72.3 Å². The first-order chi connectivity index (χ1) is 17.5. The first kappa shape index (κ1) is 23.6. The molecule has 1 aromatic heterocycles. The van der Waals surface area contributed by atoms with E-state index < -0.39 is 17.6 Å². The Kier molecular flexibility index (Phi) is 6.73. The van der Waals surface area contributed by atoms with Gasteiger partial charge in [-0.1, -0.05) is 46.3 Å². The molecule has 0 saturated heterocycles. The average molecular weight is 545 g/mol. The molecule has 0 saturated carbocycles. The van der Waals surface area contributed by atoms with Gasteiger partial charge in [0.05, 0.1) is 23.1 Å². The Balaban J connectivity index is 1.61. The molecule has 5 rings (SSSR count). The zero-order valence-corrected chi connectivity index (χ0v) is 20.5. The van der Waals surface area contributed by atoms with Gasteiger partial charge >= 0.3 is 5.97 Å². The molecule has 7 heteroatoms. The summed E-state index contributed by atoms with van der Waals surface area (Å²) in [5.74, 6) is -0.795. The van der Waals surface area contributed by atoms with Crippen LogP contribution in [0.2, 0.25) is 0 Å². The maximum atomic E-state index is 13.6. The standard InChI is InChI=1S/C29H19BrF2N2O2/c30-24-6-2-1-5-21(24)18-34-26-8-4-3-7-25(26)33-28(34)17-27(19-9-13-22(31)14-10-19)36-29(35)20-11-15-23(32)16-12-20/h1-17H,18H2/b27-17-. The van der Waals surface area contributed by atoms with Crippen molar-refractivity contribution in [1.82, 2.24) is 9.55 Å². The van der Waals surface area contributed by atoms with Gasteiger partial charge < -0.3 is 9.30 Å². The Bertz CT molecular complexity index is 1580. The van der Waals surface area contributed by atoms with Gasteiger partial charge in [0.2, 0.25) is 0 Å². The van der Waals surface area contributed by atoms with Gasteiger partial charge in [-0.2, -0.15) is 0 Å². The van der Waals surface area contributed by atoms with Crippen molar-refractivity contribution in [3.8, 4) is 0 Å². The summed E-state index contributed by atoms with van der Waals surface area (Å²) in [7, 11) is 0. The second-order valence-electron chi connectivity index (χ2n) is 8.05. The van der Waals surface area contributed by atoms with Crippen molar-refractivity contribution >= 4 is 44.8 Å². The van der Waals surface area contributed by atoms with E-state index in [1.807, 2.05) is 53.1 Å². The molecule has 0 aliphatic heterocycles. The number of carbonyl (C=O) groups excluding carboxylic acids is 1. The van der Waals surface area contributed by atoms with E-state index in [1.165, 1.54) is 48.5 Å². The minimum atomic E-state index is -0.668. The molecule has 4 aromatic carbocycles. The number of nitrogens with zero attached hydrogens (tertiary/aromatic N) is 2. The number of hydrogen-bond acceptors (Lipinski definition) is 3. The van der Waals surface area contributed by atoms with Gasteiger partial charge in [0, 0.05) is 16.1 Å². The lowest BCUT2D eigenvalue weighted by molar-refractivity contribution is 0.0693. The summed E-state index contributed by atoms with van der Waals surface area (Å²) in [6, 6.07) is 26.3. The van der Waals surface area contributed by atoms with Crippen molar-refractivity contribution in [2.45, 2.75) is 6.54 Å². The number of rotatable bonds is 6. The normalized spacial score (nSPS) is 11.6. The Labute approximate surface area is 214 Å². The van der Waals surface area contributed by atoms with E-state index in [1.54, 1.807) is 6.08 Å². The number of imidazole rings is 1. The maximum Gasteiger partial charge on any atom is 0.343 e. The van der Waals surface area contributed by atoms with Crippen molar-refractivity contribution in [3.63, 3.8) is 0 Å². The quantitative estimate of drug-likeness (QED) is 0.164. The highest BCUT2D eigenvalue weighted by Crippen LogP contribution is 2.26. The van der Waals surface area contributed by atoms with Crippen LogP contribution >= 0.6 is 15.9 Å². The molecular formula is C29H19BrF2N2O2. The molecule has 178 valence electrons. The zero-order valence-electron chi connectivity index (χ0n) is 18.9. The zero-order chi connectivity index (χ0) is 25.1. The van der Waals surface area contributed by atoms with Crippen molar-refractivity contribution in [1.29, 1.82) is 0 Å². The summed E-state index contributed by atoms with van der Waals surface area (Å²) in [5, 5.41) is 0. The third kappa shape index (κ3) is 5.11. The van der Waals surface area contributed by atoms with Crippen LogP contribution < -0.4 is 0 Å². The molecule has 36 heavy (non-hydrogen) atoms. The van der Waals surface area contributed by atoms with Crippen LogP contribution in [0.5, 0.6) is 0 Å². The van der Waals surface area contributed by atoms with Crippen LogP contribution in [-0.4, -0.2) is 15.5 Å². The lowest BCUT2D eigenvalue weighted by Gasteiger charge is -2.12. The lowest BCUT2D eigenvalue weighted by Crippen LogP contribution is -2.07. The van der Waals surface area contributed by atoms with Crippen LogP contribution in [0.1, 0.15) is 27.3 Å². The molecule has 5 aromatic rings. The van der Waals surface area contributed by atoms with Gasteiger partial charge in [0.1, 0.15) is 23.2 Å². The number of halogens is 3. The van der Waals surface area contributed by atoms with Crippen LogP contribution in [0, 0.1) is 11.6 Å². The number of para-hydroxylation sites is 2. The predicted molar refractivity (Wildman–Crippen MR) is 139 cm³/mol. The number of aromatic nitrogens is 2. The lowest BCUT2D eigenvalue weighted by atomic mass is 10.1. The number of fused-ring (bicyclic) bond motifs is 1. The highest BCUT2D eigenvalue weighted by Gasteiger charge is 2.17. The minimum Gasteiger partial charge on any atom is -0.422 e. The van der Waals surface area contributed by atoms with Gasteiger partial charge in [-0.15, -0.1) is 0 Å². The summed E-state index contributed by atoms with van der Waals surface area (Å²) in [6.07, 6.45) is 1.66. The highest BCUT2D eigenvalue weighted by atomic mass is 79.9. The fourth-order valence-electron chi connectivity index (χ4n) is 3.82. The molecule has 0 aliphatic carbocycles. The van der Waals surface area contributed by atoms with Gasteiger partial charge in [-0.25, -0.2) is 18.6 Å². The molecule has 0 bridgehead atoms. The van der Waals surface area contributed by atoms with E-state index in [-0.39, 0.29) is 11.3 Å². The summed E-state index contributed by atoms with van der Waals surface area (Å²) < 4.78 is 35.7. The topological polar surface area (TPSA) is 44.1 Å². The second kappa shape index (κ2) is 10.3. The molecular weight excluding hydrogens is 526 g/mol. The van der Waals surface area contributed by atoms with Crippen molar-refractivity contribution in [2.75, 3.05) is 0 Å². The number of esters is 1. The molecule has 0 radical (unpaired) electrons. The Hall–Kier alpha value is -4.10. The van der Waals surface area contributed by atoms with Crippen LogP contribution in [0.25, 0.3) is 22.9 Å². The van der Waals surface area contributed by atoms with Crippen molar-refractivity contribution in [2.24, 2.45) is 0 Å². The third-order valence-corrected chi connectivity index (χ3v) is 6.42. The van der Waals surface area contributed by atoms with E-state index in [0.29, 0.717) is 17.9 Å². The Morgan fingerprint density at radius 3 is 2.14 bits per heavy atom. The van der Waals surface area contributed by atoms with E-state index in [0.717, 1.165) is 21.1 Å². The van der Waals surface area contributed by atoms with Crippen LogP contribution in [-0.2, 0) is 11.3 Å². The van der Waals surface area contributed by atoms with Crippen molar-refractivity contribution < 1.29 is 18.3 Å². The fraction of sp³-hybridized carbons (Fsp3) is 0.0345. The van der Waals surface area contributed by atoms with Gasteiger partial charge in [0.15, 0.2) is 0 Å². The van der Waals surface area contributed by atoms with E-state index in [9.17, 15) is 13.6 Å². The number of benzene rings is 4. The first-order valence-electron chi connectivity index (χ1n) is 11.1. The van der Waals surface area contributed by atoms with E-state index >= 15 is 0 Å². The monoisotopic (exact) mass is 544 g/mol. The van der Waals surface area contributed by atoms with Crippen molar-refractivity contribution in [3.05, 3.63) is 136 Å². The molecule has 0 aliphatic rings. The largest absolute Gasteiger partial charge is 0.422 e. The van der Waals surface area contributed by atoms with Crippen LogP contribution in [0.3, 0.4) is 0 Å². The summed E-state index contributed by atoms with van der Waals surface area (Å²) in [4.78, 5) is 17.7. The molecule has 0 amide bonds. The number of ether oxygens (including phenoxy) is 1. The van der Waals surface area contributed by atoms with Gasteiger partial charge in [-0.3, -0.25) is 0 Å². The summed E-state index contributed by atoms with van der Waals surface area (Å²) in [5.41, 5.74) is 3.40. The van der Waals surface area contributed by atoms with E-state index in [2.05, 4.69) is 15.9 Å². The maximum absolute atomic E-state index is 13.6. The Morgan fingerprint density at radius 1 is 0.833 bits per heavy atom. The number of hydrogen-bond donors (Lipinski definition) is 0. The second-order valence-corrected chi connectivity index (χ2v) is 8.90. The third-order valence-electron chi connectivity index (χ3n) is 5.64. The van der Waals surface area contributed by atoms with Gasteiger partial charge in [0.25, 0.3) is 0 Å². The Morgan fingerprint density at radius 2 is 1.44 bits per heavy atom. The molecule has 4 nitrogen and oxygen atoms in total. The van der Waals surface area contributed by atoms with Crippen LogP contribution in [0.4, 0.5) is 8.78 Å². The van der Waals surface area contributed by atoms with E-state index in [4.69, 9.17) is 9.72 Å². The first-order valence-corrected chi connectivity index (χ1v) is 11.9. The molecule has 0 unspecified atom stereocenters. The SMILES string of the molecule is O=C(O/C(=C\c1nc2ccccc2n1Cc1ccccc1Br)c1ccc(F)cc1)c1ccc(F)cc1. The number of carbonyl (C=O) groups is 1. The molecule has 0 spiro atoms. The molecule has 1 heterocycles. The molecule has 0 N–H and O–H groups in total. The smallest absolute Gasteiger partial charge is 0.343 e. The predicted octanol–water partition coefficient (Wildman–Crippen LogP) is 7.48. The summed E-state index contributed by atoms with van der Waals surface area (Å²) in [6.45, 7) is 0.510. The minimum absolute atomic E-state index is 0.186. The van der Waals surface area contributed by atoms with Crippen LogP contribution in [0.15, 0.2) is 102 Å². The fourth-order valence-corrected chi connectivity index (χ4v) is 4.23. The summed E-state index contributed by atoms with van der Waals surface area (Å²) >= 11 is 3.61. The highest BCUT2D eigenvalue weighted by molar-refractivity contribution is 9.10. The molecule has 0 fully saturated rings.